The Labute approximate surface area is 178 Å². The molecule has 1 aliphatic heterocycles. The number of nitrogens with zero attached hydrogens (tertiary/aromatic N) is 4. The molecule has 4 rings (SSSR count). The standard InChI is InChI=1S/C21H22N6O2S/c1-2-11-29-21(28)23-14-16-12-17(26-25-16)18-19(27-9-4-3-5-10-27)24-20(30-18)15-7-6-8-22-13-15/h1,6-8,12-13H,3-5,9-11,14H2,(H,23,28)(H,25,26). The zero-order valence-corrected chi connectivity index (χ0v) is 17.2. The van der Waals surface area contributed by atoms with Gasteiger partial charge < -0.3 is 15.0 Å². The molecule has 0 bridgehead atoms. The van der Waals surface area contributed by atoms with Gasteiger partial charge in [0.05, 0.1) is 17.1 Å². The molecular weight excluding hydrogens is 400 g/mol. The van der Waals surface area contributed by atoms with Crippen molar-refractivity contribution >= 4 is 23.2 Å². The number of thiazole rings is 1. The third-order valence-corrected chi connectivity index (χ3v) is 5.86. The molecule has 30 heavy (non-hydrogen) atoms. The smallest absolute Gasteiger partial charge is 0.408 e. The number of ether oxygens (including phenoxy) is 1. The Kier molecular flexibility index (Phi) is 6.25. The van der Waals surface area contributed by atoms with E-state index in [-0.39, 0.29) is 13.2 Å². The molecule has 0 atom stereocenters. The normalized spacial score (nSPS) is 13.6. The van der Waals surface area contributed by atoms with Crippen molar-refractivity contribution in [3.63, 3.8) is 0 Å². The molecule has 8 nitrogen and oxygen atoms in total. The summed E-state index contributed by atoms with van der Waals surface area (Å²) in [7, 11) is 0. The van der Waals surface area contributed by atoms with E-state index in [1.54, 1.807) is 17.5 Å². The van der Waals surface area contributed by atoms with Crippen LogP contribution in [0.4, 0.5) is 10.6 Å². The predicted octanol–water partition coefficient (Wildman–Crippen LogP) is 3.44. The van der Waals surface area contributed by atoms with Crippen LogP contribution in [0.15, 0.2) is 30.6 Å². The fourth-order valence-electron chi connectivity index (χ4n) is 3.31. The lowest BCUT2D eigenvalue weighted by Crippen LogP contribution is -2.30. The summed E-state index contributed by atoms with van der Waals surface area (Å²) in [6.45, 7) is 2.19. The Hall–Kier alpha value is -3.38. The number of aromatic nitrogens is 4. The first-order chi connectivity index (χ1) is 14.7. The van der Waals surface area contributed by atoms with Crippen molar-refractivity contribution in [2.24, 2.45) is 0 Å². The van der Waals surface area contributed by atoms with Gasteiger partial charge in [0, 0.05) is 31.0 Å². The number of piperidine rings is 1. The van der Waals surface area contributed by atoms with Crippen LogP contribution >= 0.6 is 11.3 Å². The van der Waals surface area contributed by atoms with Crippen molar-refractivity contribution in [3.8, 4) is 33.5 Å². The van der Waals surface area contributed by atoms with Gasteiger partial charge in [-0.05, 0) is 37.5 Å². The third-order valence-electron chi connectivity index (χ3n) is 4.75. The molecule has 1 fully saturated rings. The van der Waals surface area contributed by atoms with Crippen molar-refractivity contribution in [2.75, 3.05) is 24.6 Å². The molecule has 4 heterocycles. The van der Waals surface area contributed by atoms with E-state index in [0.29, 0.717) is 0 Å². The minimum Gasteiger partial charge on any atom is -0.436 e. The quantitative estimate of drug-likeness (QED) is 0.591. The highest BCUT2D eigenvalue weighted by molar-refractivity contribution is 7.19. The second kappa shape index (κ2) is 9.41. The van der Waals surface area contributed by atoms with Gasteiger partial charge in [0.25, 0.3) is 0 Å². The molecule has 2 N–H and O–H groups in total. The van der Waals surface area contributed by atoms with Crippen LogP contribution in [0.25, 0.3) is 21.1 Å². The largest absolute Gasteiger partial charge is 0.436 e. The highest BCUT2D eigenvalue weighted by Crippen LogP contribution is 2.40. The van der Waals surface area contributed by atoms with Gasteiger partial charge in [0.1, 0.15) is 16.5 Å². The number of terminal acetylenes is 1. The van der Waals surface area contributed by atoms with Crippen LogP contribution in [0.3, 0.4) is 0 Å². The van der Waals surface area contributed by atoms with Gasteiger partial charge in [0.15, 0.2) is 6.61 Å². The fraction of sp³-hybridized carbons (Fsp3) is 0.333. The summed E-state index contributed by atoms with van der Waals surface area (Å²) in [6.07, 6.45) is 11.7. The molecule has 0 saturated carbocycles. The van der Waals surface area contributed by atoms with Crippen molar-refractivity contribution in [3.05, 3.63) is 36.3 Å². The molecule has 0 aromatic carbocycles. The number of alkyl carbamates (subject to hydrolysis) is 1. The van der Waals surface area contributed by atoms with E-state index < -0.39 is 6.09 Å². The van der Waals surface area contributed by atoms with E-state index in [2.05, 4.69) is 31.3 Å². The number of hydrogen-bond donors (Lipinski definition) is 2. The highest BCUT2D eigenvalue weighted by atomic mass is 32.1. The molecule has 1 aliphatic rings. The number of hydrogen-bond acceptors (Lipinski definition) is 7. The fourth-order valence-corrected chi connectivity index (χ4v) is 4.35. The van der Waals surface area contributed by atoms with Crippen LogP contribution in [-0.4, -0.2) is 46.0 Å². The lowest BCUT2D eigenvalue weighted by Gasteiger charge is -2.27. The lowest BCUT2D eigenvalue weighted by molar-refractivity contribution is 0.159. The minimum atomic E-state index is -0.560. The van der Waals surface area contributed by atoms with Crippen LogP contribution in [0.5, 0.6) is 0 Å². The minimum absolute atomic E-state index is 0.0583. The predicted molar refractivity (Wildman–Crippen MR) is 116 cm³/mol. The summed E-state index contributed by atoms with van der Waals surface area (Å²) in [5, 5.41) is 11.0. The number of amides is 1. The van der Waals surface area contributed by atoms with Crippen LogP contribution in [0.1, 0.15) is 25.0 Å². The van der Waals surface area contributed by atoms with Gasteiger partial charge >= 0.3 is 6.09 Å². The van der Waals surface area contributed by atoms with Gasteiger partial charge in [-0.1, -0.05) is 5.92 Å². The first-order valence-electron chi connectivity index (χ1n) is 9.79. The molecule has 154 valence electrons. The van der Waals surface area contributed by atoms with Gasteiger partial charge in [-0.25, -0.2) is 9.78 Å². The average molecular weight is 423 g/mol. The molecule has 0 aliphatic carbocycles. The van der Waals surface area contributed by atoms with Crippen molar-refractivity contribution in [2.45, 2.75) is 25.8 Å². The van der Waals surface area contributed by atoms with E-state index in [0.717, 1.165) is 58.6 Å². The zero-order valence-electron chi connectivity index (χ0n) is 16.4. The highest BCUT2D eigenvalue weighted by Gasteiger charge is 2.23. The van der Waals surface area contributed by atoms with Gasteiger partial charge in [-0.3, -0.25) is 10.1 Å². The van der Waals surface area contributed by atoms with Crippen molar-refractivity contribution < 1.29 is 9.53 Å². The maximum absolute atomic E-state index is 11.6. The van der Waals surface area contributed by atoms with Crippen LogP contribution in [-0.2, 0) is 11.3 Å². The Balaban J connectivity index is 1.58. The molecule has 0 radical (unpaired) electrons. The van der Waals surface area contributed by atoms with E-state index in [9.17, 15) is 4.79 Å². The monoisotopic (exact) mass is 422 g/mol. The van der Waals surface area contributed by atoms with Crippen LogP contribution in [0, 0.1) is 12.3 Å². The second-order valence-electron chi connectivity index (χ2n) is 6.87. The lowest BCUT2D eigenvalue weighted by atomic mass is 10.1. The Bertz CT molecular complexity index is 1030. The third kappa shape index (κ3) is 4.60. The number of anilines is 1. The number of carbonyl (C=O) groups is 1. The molecule has 0 spiro atoms. The molecule has 3 aromatic rings. The summed E-state index contributed by atoms with van der Waals surface area (Å²) in [4.78, 5) is 24.1. The molecule has 9 heteroatoms. The van der Waals surface area contributed by atoms with Gasteiger partial charge in [-0.2, -0.15) is 5.10 Å². The number of carbonyl (C=O) groups excluding carboxylic acids is 1. The van der Waals surface area contributed by atoms with Crippen LogP contribution in [0.2, 0.25) is 0 Å². The second-order valence-corrected chi connectivity index (χ2v) is 7.87. The Morgan fingerprint density at radius 3 is 3.00 bits per heavy atom. The number of rotatable bonds is 6. The summed E-state index contributed by atoms with van der Waals surface area (Å²) in [5.74, 6) is 3.21. The first-order valence-corrected chi connectivity index (χ1v) is 10.6. The van der Waals surface area contributed by atoms with E-state index in [4.69, 9.17) is 16.1 Å². The summed E-state index contributed by atoms with van der Waals surface area (Å²) < 4.78 is 4.81. The zero-order chi connectivity index (χ0) is 20.8. The summed E-state index contributed by atoms with van der Waals surface area (Å²) >= 11 is 1.60. The maximum atomic E-state index is 11.6. The molecule has 0 unspecified atom stereocenters. The first kappa shape index (κ1) is 19.9. The number of nitrogens with one attached hydrogen (secondary N) is 2. The topological polar surface area (TPSA) is 96.0 Å². The number of H-pyrrole nitrogens is 1. The van der Waals surface area contributed by atoms with Crippen molar-refractivity contribution in [1.82, 2.24) is 25.5 Å². The molecule has 1 saturated heterocycles. The average Bonchev–Trinajstić information content (AvgIpc) is 3.45. The number of aromatic amines is 1. The SMILES string of the molecule is C#CCOC(=O)NCc1cc(-c2sc(-c3cccnc3)nc2N2CCCCC2)n[nH]1. The number of pyridine rings is 1. The van der Waals surface area contributed by atoms with Gasteiger partial charge in [0.2, 0.25) is 0 Å². The molecule has 1 amide bonds. The summed E-state index contributed by atoms with van der Waals surface area (Å²) in [5.41, 5.74) is 2.56. The van der Waals surface area contributed by atoms with E-state index in [1.165, 1.54) is 6.42 Å². The maximum Gasteiger partial charge on any atom is 0.408 e. The van der Waals surface area contributed by atoms with Crippen LogP contribution < -0.4 is 10.2 Å². The molecular formula is C21H22N6O2S. The molecule has 3 aromatic heterocycles. The Morgan fingerprint density at radius 1 is 1.37 bits per heavy atom. The summed E-state index contributed by atoms with van der Waals surface area (Å²) in [6, 6.07) is 5.85. The van der Waals surface area contributed by atoms with E-state index >= 15 is 0 Å². The Morgan fingerprint density at radius 2 is 2.23 bits per heavy atom. The van der Waals surface area contributed by atoms with E-state index in [1.807, 2.05) is 24.4 Å². The van der Waals surface area contributed by atoms with Gasteiger partial charge in [-0.15, -0.1) is 17.8 Å². The van der Waals surface area contributed by atoms with Crippen molar-refractivity contribution in [1.29, 1.82) is 0 Å².